The van der Waals surface area contributed by atoms with Crippen LogP contribution in [-0.4, -0.2) is 17.7 Å². The monoisotopic (exact) mass is 287 g/mol. The van der Waals surface area contributed by atoms with Crippen molar-refractivity contribution in [3.05, 3.63) is 96.3 Å². The van der Waals surface area contributed by atoms with E-state index in [0.29, 0.717) is 0 Å². The standard InChI is InChI=1S/C19H17N3/c1-22(17-12-6-3-7-13-17)21-19(16-10-4-2-5-11-16)18-14-8-9-15-20-18/h2-15H,1H3/b21-19-. The van der Waals surface area contributed by atoms with Crippen LogP contribution in [0.25, 0.3) is 0 Å². The quantitative estimate of drug-likeness (QED) is 0.536. The zero-order valence-electron chi connectivity index (χ0n) is 12.4. The average molecular weight is 287 g/mol. The molecule has 0 aliphatic rings. The molecule has 22 heavy (non-hydrogen) atoms. The third-order valence-electron chi connectivity index (χ3n) is 3.33. The Bertz CT molecular complexity index is 696. The predicted octanol–water partition coefficient (Wildman–Crippen LogP) is 3.97. The number of para-hydroxylation sites is 1. The second-order valence-electron chi connectivity index (χ2n) is 4.89. The van der Waals surface area contributed by atoms with Gasteiger partial charge in [-0.2, -0.15) is 5.10 Å². The summed E-state index contributed by atoms with van der Waals surface area (Å²) in [7, 11) is 1.95. The summed E-state index contributed by atoms with van der Waals surface area (Å²) < 4.78 is 0. The lowest BCUT2D eigenvalue weighted by Gasteiger charge is -2.16. The second-order valence-corrected chi connectivity index (χ2v) is 4.89. The van der Waals surface area contributed by atoms with E-state index in [1.165, 1.54) is 0 Å². The zero-order chi connectivity index (χ0) is 15.2. The maximum atomic E-state index is 4.77. The molecule has 0 bridgehead atoms. The lowest BCUT2D eigenvalue weighted by Crippen LogP contribution is -2.15. The topological polar surface area (TPSA) is 28.5 Å². The van der Waals surface area contributed by atoms with Crippen LogP contribution in [0.5, 0.6) is 0 Å². The molecule has 0 spiro atoms. The molecule has 1 heterocycles. The van der Waals surface area contributed by atoms with E-state index < -0.39 is 0 Å². The van der Waals surface area contributed by atoms with Gasteiger partial charge in [0, 0.05) is 18.8 Å². The van der Waals surface area contributed by atoms with Crippen molar-refractivity contribution in [3.8, 4) is 0 Å². The SMILES string of the molecule is CN(/N=C(/c1ccccc1)c1ccccn1)c1ccccc1. The summed E-state index contributed by atoms with van der Waals surface area (Å²) in [5.74, 6) is 0. The maximum absolute atomic E-state index is 4.77. The molecule has 0 atom stereocenters. The summed E-state index contributed by atoms with van der Waals surface area (Å²) in [6.45, 7) is 0. The molecule has 0 aliphatic heterocycles. The summed E-state index contributed by atoms with van der Waals surface area (Å²) >= 11 is 0. The highest BCUT2D eigenvalue weighted by Gasteiger charge is 2.09. The van der Waals surface area contributed by atoms with Crippen LogP contribution >= 0.6 is 0 Å². The average Bonchev–Trinajstić information content (AvgIpc) is 2.62. The zero-order valence-corrected chi connectivity index (χ0v) is 12.4. The Labute approximate surface area is 130 Å². The van der Waals surface area contributed by atoms with Crippen LogP contribution in [0.2, 0.25) is 0 Å². The van der Waals surface area contributed by atoms with Gasteiger partial charge < -0.3 is 0 Å². The number of anilines is 1. The van der Waals surface area contributed by atoms with Gasteiger partial charge in [-0.1, -0.05) is 54.6 Å². The Morgan fingerprint density at radius 2 is 1.45 bits per heavy atom. The number of aromatic nitrogens is 1. The van der Waals surface area contributed by atoms with Crippen LogP contribution in [-0.2, 0) is 0 Å². The van der Waals surface area contributed by atoms with Gasteiger partial charge in [0.15, 0.2) is 0 Å². The van der Waals surface area contributed by atoms with E-state index in [-0.39, 0.29) is 0 Å². The summed E-state index contributed by atoms with van der Waals surface area (Å²) in [4.78, 5) is 4.44. The van der Waals surface area contributed by atoms with Gasteiger partial charge in [0.1, 0.15) is 5.71 Å². The molecule has 3 aromatic rings. The summed E-state index contributed by atoms with van der Waals surface area (Å²) in [6.07, 6.45) is 1.79. The van der Waals surface area contributed by atoms with Crippen LogP contribution < -0.4 is 5.01 Å². The van der Waals surface area contributed by atoms with Crippen LogP contribution in [0.15, 0.2) is 90.2 Å². The molecule has 0 saturated heterocycles. The Kier molecular flexibility index (Phi) is 4.25. The van der Waals surface area contributed by atoms with E-state index in [0.717, 1.165) is 22.7 Å². The van der Waals surface area contributed by atoms with Crippen LogP contribution in [0.3, 0.4) is 0 Å². The molecule has 3 rings (SSSR count). The minimum atomic E-state index is 0.854. The van der Waals surface area contributed by atoms with Crippen LogP contribution in [0.4, 0.5) is 5.69 Å². The largest absolute Gasteiger partial charge is 0.268 e. The van der Waals surface area contributed by atoms with Crippen molar-refractivity contribution in [1.29, 1.82) is 0 Å². The number of rotatable bonds is 4. The Balaban J connectivity index is 2.04. The van der Waals surface area contributed by atoms with Gasteiger partial charge in [-0.25, -0.2) is 0 Å². The van der Waals surface area contributed by atoms with Crippen molar-refractivity contribution in [2.45, 2.75) is 0 Å². The molecule has 0 amide bonds. The molecular weight excluding hydrogens is 270 g/mol. The number of hydrogen-bond acceptors (Lipinski definition) is 3. The van der Waals surface area contributed by atoms with Crippen molar-refractivity contribution >= 4 is 11.4 Å². The Morgan fingerprint density at radius 1 is 0.818 bits per heavy atom. The van der Waals surface area contributed by atoms with Crippen molar-refractivity contribution in [2.75, 3.05) is 12.1 Å². The third-order valence-corrected chi connectivity index (χ3v) is 3.33. The normalized spacial score (nSPS) is 11.2. The first kappa shape index (κ1) is 14.0. The molecule has 0 radical (unpaired) electrons. The highest BCUT2D eigenvalue weighted by atomic mass is 15.4. The summed E-state index contributed by atoms with van der Waals surface area (Å²) in [5, 5.41) is 6.65. The van der Waals surface area contributed by atoms with Crippen LogP contribution in [0, 0.1) is 0 Å². The lowest BCUT2D eigenvalue weighted by atomic mass is 10.1. The third kappa shape index (κ3) is 3.20. The molecule has 1 aromatic heterocycles. The van der Waals surface area contributed by atoms with Gasteiger partial charge in [0.2, 0.25) is 0 Å². The van der Waals surface area contributed by atoms with E-state index in [4.69, 9.17) is 5.10 Å². The van der Waals surface area contributed by atoms with E-state index in [1.807, 2.05) is 90.9 Å². The van der Waals surface area contributed by atoms with Crippen molar-refractivity contribution in [3.63, 3.8) is 0 Å². The fraction of sp³-hybridized carbons (Fsp3) is 0.0526. The van der Waals surface area contributed by atoms with Crippen LogP contribution in [0.1, 0.15) is 11.3 Å². The second kappa shape index (κ2) is 6.68. The molecule has 2 aromatic carbocycles. The van der Waals surface area contributed by atoms with Crippen molar-refractivity contribution < 1.29 is 0 Å². The molecule has 0 unspecified atom stereocenters. The summed E-state index contributed by atoms with van der Waals surface area (Å²) in [6, 6.07) is 26.0. The van der Waals surface area contributed by atoms with Gasteiger partial charge >= 0.3 is 0 Å². The first-order valence-corrected chi connectivity index (χ1v) is 7.19. The first-order chi connectivity index (χ1) is 10.8. The number of hydrogen-bond donors (Lipinski definition) is 0. The van der Waals surface area contributed by atoms with Gasteiger partial charge in [0.25, 0.3) is 0 Å². The van der Waals surface area contributed by atoms with E-state index in [1.54, 1.807) is 6.20 Å². The molecular formula is C19H17N3. The van der Waals surface area contributed by atoms with Crippen molar-refractivity contribution in [2.24, 2.45) is 5.10 Å². The highest BCUT2D eigenvalue weighted by molar-refractivity contribution is 6.11. The maximum Gasteiger partial charge on any atom is 0.116 e. The molecule has 3 nitrogen and oxygen atoms in total. The molecule has 3 heteroatoms. The molecule has 0 N–H and O–H groups in total. The van der Waals surface area contributed by atoms with Crippen molar-refractivity contribution in [1.82, 2.24) is 4.98 Å². The molecule has 108 valence electrons. The Morgan fingerprint density at radius 3 is 2.09 bits per heavy atom. The van der Waals surface area contributed by atoms with Gasteiger partial charge in [-0.05, 0) is 24.3 Å². The smallest absolute Gasteiger partial charge is 0.116 e. The number of nitrogens with zero attached hydrogens (tertiary/aromatic N) is 3. The van der Waals surface area contributed by atoms with E-state index in [2.05, 4.69) is 4.98 Å². The molecule has 0 fully saturated rings. The predicted molar refractivity (Wildman–Crippen MR) is 91.2 cm³/mol. The van der Waals surface area contributed by atoms with E-state index >= 15 is 0 Å². The molecule has 0 aliphatic carbocycles. The minimum absolute atomic E-state index is 0.854. The first-order valence-electron chi connectivity index (χ1n) is 7.19. The Hall–Kier alpha value is -2.94. The minimum Gasteiger partial charge on any atom is -0.268 e. The van der Waals surface area contributed by atoms with Gasteiger partial charge in [0.05, 0.1) is 11.4 Å². The number of benzene rings is 2. The number of pyridine rings is 1. The van der Waals surface area contributed by atoms with E-state index in [9.17, 15) is 0 Å². The fourth-order valence-electron chi connectivity index (χ4n) is 2.21. The van der Waals surface area contributed by atoms with Gasteiger partial charge in [-0.3, -0.25) is 9.99 Å². The fourth-order valence-corrected chi connectivity index (χ4v) is 2.21. The molecule has 0 saturated carbocycles. The highest BCUT2D eigenvalue weighted by Crippen LogP contribution is 2.15. The lowest BCUT2D eigenvalue weighted by molar-refractivity contribution is 1.01. The van der Waals surface area contributed by atoms with Gasteiger partial charge in [-0.15, -0.1) is 0 Å². The number of hydrazone groups is 1. The summed E-state index contributed by atoms with van der Waals surface area (Å²) in [5.41, 5.74) is 3.79.